The number of H-pyrrole nitrogens is 4. The first-order valence-corrected chi connectivity index (χ1v) is 6.35. The molecule has 4 rings (SSSR count). The number of nitrogen functional groups attached to an aromatic ring is 2. The molecule has 0 radical (unpaired) electrons. The normalized spacial score (nSPS) is 11.2. The van der Waals surface area contributed by atoms with Gasteiger partial charge in [0.25, 0.3) is 11.1 Å². The van der Waals surface area contributed by atoms with Gasteiger partial charge in [-0.15, -0.1) is 0 Å². The van der Waals surface area contributed by atoms with Crippen LogP contribution in [-0.4, -0.2) is 39.9 Å². The van der Waals surface area contributed by atoms with E-state index in [1.54, 1.807) is 0 Å². The van der Waals surface area contributed by atoms with Gasteiger partial charge in [-0.25, -0.2) is 9.78 Å². The third-order valence-electron chi connectivity index (χ3n) is 2.92. The van der Waals surface area contributed by atoms with E-state index in [1.807, 2.05) is 0 Å². The van der Waals surface area contributed by atoms with Crippen molar-refractivity contribution in [3.05, 3.63) is 20.7 Å². The van der Waals surface area contributed by atoms with Crippen molar-refractivity contribution in [1.82, 2.24) is 39.9 Å². The number of nitrogens with two attached hydrogens (primary N) is 2. The number of hydrogen-bond donors (Lipinski definition) is 6. The monoisotopic (exact) mass is 332 g/mol. The Balaban J connectivity index is 1.63. The third kappa shape index (κ3) is 2.14. The highest BCUT2D eigenvalue weighted by Gasteiger charge is 2.14. The van der Waals surface area contributed by atoms with Crippen LogP contribution in [0.5, 0.6) is 12.0 Å². The third-order valence-corrected chi connectivity index (χ3v) is 2.92. The van der Waals surface area contributed by atoms with Crippen LogP contribution in [0, 0.1) is 0 Å². The van der Waals surface area contributed by atoms with Gasteiger partial charge in [0.15, 0.2) is 22.3 Å². The lowest BCUT2D eigenvalue weighted by molar-refractivity contribution is -0.115. The molecular weight excluding hydrogens is 324 g/mol. The van der Waals surface area contributed by atoms with Crippen molar-refractivity contribution in [3.63, 3.8) is 0 Å². The maximum Gasteiger partial charge on any atom is 0.347 e. The first-order valence-electron chi connectivity index (χ1n) is 6.35. The van der Waals surface area contributed by atoms with Crippen LogP contribution in [0.3, 0.4) is 0 Å². The van der Waals surface area contributed by atoms with Crippen LogP contribution in [0.2, 0.25) is 0 Å². The van der Waals surface area contributed by atoms with Crippen molar-refractivity contribution in [2.75, 3.05) is 11.5 Å². The van der Waals surface area contributed by atoms with Gasteiger partial charge in [-0.3, -0.25) is 29.5 Å². The molecule has 0 aliphatic rings. The number of nitrogens with zero attached hydrogens (tertiary/aromatic N) is 4. The van der Waals surface area contributed by atoms with E-state index in [0.29, 0.717) is 0 Å². The molecular formula is C10H8N10O4. The number of aromatic nitrogens is 8. The second-order valence-electron chi connectivity index (χ2n) is 4.55. The van der Waals surface area contributed by atoms with Crippen LogP contribution in [0.1, 0.15) is 0 Å². The van der Waals surface area contributed by atoms with Crippen molar-refractivity contribution >= 4 is 34.2 Å². The van der Waals surface area contributed by atoms with Gasteiger partial charge >= 0.3 is 12.0 Å². The summed E-state index contributed by atoms with van der Waals surface area (Å²) < 4.78 is 0. The average molecular weight is 332 g/mol. The van der Waals surface area contributed by atoms with Gasteiger partial charge in [-0.05, 0) is 0 Å². The van der Waals surface area contributed by atoms with Gasteiger partial charge in [-0.1, -0.05) is 0 Å². The van der Waals surface area contributed by atoms with E-state index >= 15 is 0 Å². The molecule has 8 N–H and O–H groups in total. The van der Waals surface area contributed by atoms with Crippen LogP contribution in [0.15, 0.2) is 9.59 Å². The molecule has 14 heteroatoms. The van der Waals surface area contributed by atoms with Crippen LogP contribution < -0.4 is 32.4 Å². The number of imidazole rings is 2. The fourth-order valence-electron chi connectivity index (χ4n) is 1.96. The minimum Gasteiger partial charge on any atom is -0.369 e. The fraction of sp³-hybridized carbons (Fsp3) is 0. The highest BCUT2D eigenvalue weighted by atomic mass is 17.2. The minimum absolute atomic E-state index is 0.0466. The lowest BCUT2D eigenvalue weighted by atomic mass is 10.5. The Bertz CT molecular complexity index is 1090. The van der Waals surface area contributed by atoms with Crippen LogP contribution in [-0.2, 0) is 0 Å². The molecule has 0 fully saturated rings. The second-order valence-corrected chi connectivity index (χ2v) is 4.55. The quantitative estimate of drug-likeness (QED) is 0.181. The summed E-state index contributed by atoms with van der Waals surface area (Å²) >= 11 is 0. The molecule has 4 aromatic rings. The molecule has 0 atom stereocenters. The lowest BCUT2D eigenvalue weighted by Crippen LogP contribution is -2.11. The second kappa shape index (κ2) is 4.70. The van der Waals surface area contributed by atoms with Crippen molar-refractivity contribution in [3.8, 4) is 12.0 Å². The van der Waals surface area contributed by atoms with Crippen molar-refractivity contribution in [2.45, 2.75) is 0 Å². The summed E-state index contributed by atoms with van der Waals surface area (Å²) in [4.78, 5) is 58.2. The van der Waals surface area contributed by atoms with E-state index in [-0.39, 0.29) is 46.2 Å². The molecule has 4 aromatic heterocycles. The molecule has 4 heterocycles. The Kier molecular flexibility index (Phi) is 2.65. The van der Waals surface area contributed by atoms with Crippen LogP contribution in [0.4, 0.5) is 11.9 Å². The van der Waals surface area contributed by atoms with Crippen molar-refractivity contribution in [2.24, 2.45) is 0 Å². The highest BCUT2D eigenvalue weighted by Crippen LogP contribution is 2.14. The molecule has 0 spiro atoms. The predicted octanol–water partition coefficient (Wildman–Crippen LogP) is -1.86. The summed E-state index contributed by atoms with van der Waals surface area (Å²) in [5, 5.41) is 0. The molecule has 0 saturated carbocycles. The SMILES string of the molecule is Nc1nc2nc(OOc3nc4nc(N)[nH]c(=O)c4[nH]3)[nH]c2c(=O)[nH]1. The molecule has 0 saturated heterocycles. The largest absolute Gasteiger partial charge is 0.369 e. The summed E-state index contributed by atoms with van der Waals surface area (Å²) in [7, 11) is 0. The van der Waals surface area contributed by atoms with Gasteiger partial charge in [0.05, 0.1) is 0 Å². The molecule has 0 bridgehead atoms. The Morgan fingerprint density at radius 2 is 1.08 bits per heavy atom. The summed E-state index contributed by atoms with van der Waals surface area (Å²) in [5.41, 5.74) is 9.99. The van der Waals surface area contributed by atoms with Crippen molar-refractivity contribution < 1.29 is 9.78 Å². The zero-order valence-corrected chi connectivity index (χ0v) is 11.6. The van der Waals surface area contributed by atoms with E-state index in [2.05, 4.69) is 39.9 Å². The number of hydrogen-bond acceptors (Lipinski definition) is 10. The average Bonchev–Trinajstić information content (AvgIpc) is 3.08. The number of fused-ring (bicyclic) bond motifs is 2. The zero-order valence-electron chi connectivity index (χ0n) is 11.6. The van der Waals surface area contributed by atoms with Gasteiger partial charge in [-0.2, -0.15) is 19.9 Å². The topological polar surface area (TPSA) is 219 Å². The van der Waals surface area contributed by atoms with E-state index < -0.39 is 11.1 Å². The summed E-state index contributed by atoms with van der Waals surface area (Å²) in [5.74, 6) is -0.182. The Morgan fingerprint density at radius 3 is 1.50 bits per heavy atom. The van der Waals surface area contributed by atoms with E-state index in [9.17, 15) is 9.59 Å². The van der Waals surface area contributed by atoms with Gasteiger partial charge in [0.2, 0.25) is 11.9 Å². The minimum atomic E-state index is -0.519. The molecule has 0 aromatic carbocycles. The number of rotatable bonds is 3. The Hall–Kier alpha value is -4.10. The Labute approximate surface area is 129 Å². The van der Waals surface area contributed by atoms with Gasteiger partial charge < -0.3 is 11.5 Å². The van der Waals surface area contributed by atoms with Crippen molar-refractivity contribution in [1.29, 1.82) is 0 Å². The standard InChI is InChI=1S/C10H8N10O4/c11-7-15-3-1(5(21)19-7)13-9(17-3)23-24-10-14-2-4(18-10)16-8(12)20-6(2)22/h(H4,11,13,15,17,19,21)(H4,12,14,16,18,20,22). The molecule has 24 heavy (non-hydrogen) atoms. The van der Waals surface area contributed by atoms with Crippen LogP contribution in [0.25, 0.3) is 22.3 Å². The smallest absolute Gasteiger partial charge is 0.347 e. The summed E-state index contributed by atoms with van der Waals surface area (Å²) in [6.07, 6.45) is 0. The van der Waals surface area contributed by atoms with E-state index in [0.717, 1.165) is 0 Å². The van der Waals surface area contributed by atoms with E-state index in [4.69, 9.17) is 21.2 Å². The molecule has 0 aliphatic heterocycles. The number of nitrogens with one attached hydrogen (secondary N) is 4. The van der Waals surface area contributed by atoms with Crippen LogP contribution >= 0.6 is 0 Å². The molecule has 14 nitrogen and oxygen atoms in total. The number of anilines is 2. The molecule has 122 valence electrons. The maximum atomic E-state index is 11.7. The first-order chi connectivity index (χ1) is 11.5. The molecule has 0 amide bonds. The number of aromatic amines is 4. The van der Waals surface area contributed by atoms with Gasteiger partial charge in [0, 0.05) is 0 Å². The fourth-order valence-corrected chi connectivity index (χ4v) is 1.96. The summed E-state index contributed by atoms with van der Waals surface area (Å²) in [6.45, 7) is 0. The summed E-state index contributed by atoms with van der Waals surface area (Å²) in [6, 6.07) is -0.342. The van der Waals surface area contributed by atoms with E-state index in [1.165, 1.54) is 0 Å². The lowest BCUT2D eigenvalue weighted by Gasteiger charge is -1.96. The highest BCUT2D eigenvalue weighted by molar-refractivity contribution is 5.71. The molecule has 0 aliphatic carbocycles. The first kappa shape index (κ1) is 13.6. The predicted molar refractivity (Wildman–Crippen MR) is 79.1 cm³/mol. The maximum absolute atomic E-state index is 11.7. The Morgan fingerprint density at radius 1 is 0.667 bits per heavy atom. The van der Waals surface area contributed by atoms with Gasteiger partial charge in [0.1, 0.15) is 0 Å². The molecule has 0 unspecified atom stereocenters. The zero-order chi connectivity index (χ0) is 16.8.